The maximum absolute atomic E-state index is 13.6. The number of ketones is 2. The minimum atomic E-state index is -1.87. The quantitative estimate of drug-likeness (QED) is 0.176. The van der Waals surface area contributed by atoms with Crippen LogP contribution in [-0.2, 0) is 4.79 Å². The lowest BCUT2D eigenvalue weighted by molar-refractivity contribution is -0.138. The fourth-order valence-electron chi connectivity index (χ4n) is 5.47. The largest absolute Gasteiger partial charge is 0.508 e. The molecule has 0 saturated carbocycles. The van der Waals surface area contributed by atoms with Gasteiger partial charge in [0.2, 0.25) is 5.78 Å². The third-order valence-corrected chi connectivity index (χ3v) is 7.33. The van der Waals surface area contributed by atoms with Gasteiger partial charge in [-0.25, -0.2) is 0 Å². The topological polar surface area (TPSA) is 231 Å². The van der Waals surface area contributed by atoms with E-state index in [1.165, 1.54) is 19.9 Å². The molecule has 13 heteroatoms. The Balaban J connectivity index is 1.87. The number of phenolic OH excluding ortho intramolecular Hbond substituents is 4. The highest BCUT2D eigenvalue weighted by atomic mass is 16.5. The molecule has 0 saturated heterocycles. The van der Waals surface area contributed by atoms with E-state index < -0.39 is 109 Å². The van der Waals surface area contributed by atoms with Crippen LogP contribution < -0.4 is 10.1 Å². The molecule has 2 aliphatic rings. The number of aromatic hydroxyl groups is 4. The van der Waals surface area contributed by atoms with Gasteiger partial charge >= 0.3 is 5.97 Å². The molecule has 5 rings (SSSR count). The van der Waals surface area contributed by atoms with Crippen LogP contribution in [0.5, 0.6) is 28.7 Å². The van der Waals surface area contributed by atoms with Crippen molar-refractivity contribution in [3.8, 4) is 39.9 Å². The van der Waals surface area contributed by atoms with E-state index in [1.54, 1.807) is 0 Å². The van der Waals surface area contributed by atoms with E-state index in [1.807, 2.05) is 0 Å². The van der Waals surface area contributed by atoms with Gasteiger partial charge in [-0.15, -0.1) is 0 Å². The van der Waals surface area contributed by atoms with Gasteiger partial charge in [0.05, 0.1) is 29.4 Å². The average Bonchev–Trinajstić information content (AvgIpc) is 2.89. The molecule has 41 heavy (non-hydrogen) atoms. The molecule has 1 amide bonds. The fourth-order valence-corrected chi connectivity index (χ4v) is 5.47. The molecule has 0 bridgehead atoms. The van der Waals surface area contributed by atoms with Crippen molar-refractivity contribution in [3.05, 3.63) is 62.7 Å². The molecule has 3 aromatic carbocycles. The smallest absolute Gasteiger partial charge is 0.325 e. The summed E-state index contributed by atoms with van der Waals surface area (Å²) in [7, 11) is 1.09. The molecule has 212 valence electrons. The number of rotatable bonds is 4. The average molecular weight is 565 g/mol. The third kappa shape index (κ3) is 3.70. The number of carboxylic acid groups (broad SMARTS) is 1. The van der Waals surface area contributed by atoms with Crippen molar-refractivity contribution in [2.24, 2.45) is 0 Å². The molecule has 0 radical (unpaired) electrons. The molecule has 0 spiro atoms. The number of hydrogen-bond acceptors (Lipinski definition) is 11. The fraction of sp³-hybridized carbons (Fsp3) is 0.214. The summed E-state index contributed by atoms with van der Waals surface area (Å²) in [6, 6.07) is 1.65. The van der Waals surface area contributed by atoms with Crippen LogP contribution in [0.25, 0.3) is 11.1 Å². The summed E-state index contributed by atoms with van der Waals surface area (Å²) in [5.74, 6) is -7.82. The van der Waals surface area contributed by atoms with Crippen LogP contribution in [0.2, 0.25) is 0 Å². The number of methoxy groups -OCH3 is 1. The monoisotopic (exact) mass is 565 g/mol. The lowest BCUT2D eigenvalue weighted by Crippen LogP contribution is -2.38. The molecule has 8 N–H and O–H groups in total. The molecule has 13 nitrogen and oxygen atoms in total. The number of carboxylic acids is 1. The van der Waals surface area contributed by atoms with Crippen LogP contribution in [0, 0.1) is 6.92 Å². The third-order valence-electron chi connectivity index (χ3n) is 7.33. The van der Waals surface area contributed by atoms with Gasteiger partial charge in [-0.3, -0.25) is 19.2 Å². The number of aryl methyl sites for hydroxylation is 1. The zero-order valence-electron chi connectivity index (χ0n) is 21.6. The van der Waals surface area contributed by atoms with Crippen molar-refractivity contribution in [1.29, 1.82) is 0 Å². The SMILES string of the molecule is COc1c2c(c(O)c3c1[C@H](O)[C@@H](O)c1cc(C)c(C(=O)NC(C)C(=O)O)c(O)c1-3)C(=O)c1cc(O)cc(O)c1C2=O. The summed E-state index contributed by atoms with van der Waals surface area (Å²) in [4.78, 5) is 51.5. The second-order valence-corrected chi connectivity index (χ2v) is 9.77. The summed E-state index contributed by atoms with van der Waals surface area (Å²) < 4.78 is 5.40. The maximum atomic E-state index is 13.6. The van der Waals surface area contributed by atoms with Gasteiger partial charge in [-0.05, 0) is 31.0 Å². The van der Waals surface area contributed by atoms with Gasteiger partial charge in [0.1, 0.15) is 47.0 Å². The van der Waals surface area contributed by atoms with Gasteiger partial charge in [0, 0.05) is 28.3 Å². The molecule has 3 atom stereocenters. The Kier molecular flexibility index (Phi) is 6.16. The van der Waals surface area contributed by atoms with Crippen molar-refractivity contribution in [1.82, 2.24) is 5.32 Å². The number of hydrogen-bond donors (Lipinski definition) is 8. The van der Waals surface area contributed by atoms with Crippen LogP contribution in [0.15, 0.2) is 18.2 Å². The lowest BCUT2D eigenvalue weighted by Gasteiger charge is -2.34. The van der Waals surface area contributed by atoms with E-state index in [0.29, 0.717) is 0 Å². The first-order chi connectivity index (χ1) is 19.2. The Bertz CT molecular complexity index is 1740. The van der Waals surface area contributed by atoms with E-state index in [4.69, 9.17) is 4.74 Å². The number of aliphatic hydroxyl groups excluding tert-OH is 2. The first-order valence-electron chi connectivity index (χ1n) is 12.1. The molecule has 0 fully saturated rings. The van der Waals surface area contributed by atoms with E-state index in [9.17, 15) is 54.9 Å². The minimum Gasteiger partial charge on any atom is -0.508 e. The number of aliphatic carboxylic acids is 1. The Morgan fingerprint density at radius 1 is 0.878 bits per heavy atom. The summed E-state index contributed by atoms with van der Waals surface area (Å²) in [5.41, 5.74) is -3.79. The Hall–Kier alpha value is -5.14. The molecule has 0 aromatic heterocycles. The van der Waals surface area contributed by atoms with E-state index in [0.717, 1.165) is 19.2 Å². The van der Waals surface area contributed by atoms with Gasteiger partial charge in [0.15, 0.2) is 5.78 Å². The standard InChI is InChI=1S/C28H23NO12/c1-7-4-10-15(22(34)13(7)27(38)29-8(2)28(39)40)16-18(25(37)21(10)33)26(41-3)19-17(24(16)36)20(32)11-5-9(30)6-12(31)14(11)23(19)35/h4-6,8,21,25,30-31,33-34,36-37H,1-3H3,(H,29,38)(H,39,40)/t8?,21-,25-/m0/s1. The van der Waals surface area contributed by atoms with Crippen molar-refractivity contribution < 1.29 is 59.7 Å². The summed E-state index contributed by atoms with van der Waals surface area (Å²) in [5, 5.41) is 76.7. The van der Waals surface area contributed by atoms with Gasteiger partial charge in [-0.1, -0.05) is 6.07 Å². The minimum absolute atomic E-state index is 0.0848. The van der Waals surface area contributed by atoms with Crippen LogP contribution >= 0.6 is 0 Å². The summed E-state index contributed by atoms with van der Waals surface area (Å²) >= 11 is 0. The Morgan fingerprint density at radius 3 is 2.15 bits per heavy atom. The van der Waals surface area contributed by atoms with Crippen molar-refractivity contribution >= 4 is 23.4 Å². The second kappa shape index (κ2) is 9.21. The number of benzene rings is 3. The number of amides is 1. The highest BCUT2D eigenvalue weighted by Crippen LogP contribution is 2.58. The van der Waals surface area contributed by atoms with E-state index >= 15 is 0 Å². The number of carbonyl (C=O) groups excluding carboxylic acids is 3. The first-order valence-corrected chi connectivity index (χ1v) is 12.1. The molecule has 0 heterocycles. The second-order valence-electron chi connectivity index (χ2n) is 9.77. The van der Waals surface area contributed by atoms with Gasteiger partial charge in [-0.2, -0.15) is 0 Å². The van der Waals surface area contributed by atoms with Gasteiger partial charge in [0.25, 0.3) is 5.91 Å². The summed E-state index contributed by atoms with van der Waals surface area (Å²) in [6.45, 7) is 2.58. The zero-order chi connectivity index (χ0) is 30.2. The van der Waals surface area contributed by atoms with E-state index in [-0.39, 0.29) is 16.7 Å². The Labute approximate surface area is 230 Å². The number of aliphatic hydroxyl groups is 2. The highest BCUT2D eigenvalue weighted by Gasteiger charge is 2.46. The molecule has 0 aliphatic heterocycles. The molecular weight excluding hydrogens is 542 g/mol. The van der Waals surface area contributed by atoms with Crippen molar-refractivity contribution in [2.45, 2.75) is 32.1 Å². The van der Waals surface area contributed by atoms with Gasteiger partial charge < -0.3 is 45.8 Å². The molecule has 2 aliphatic carbocycles. The van der Waals surface area contributed by atoms with E-state index in [2.05, 4.69) is 5.32 Å². The normalized spacial score (nSPS) is 17.6. The van der Waals surface area contributed by atoms with Crippen molar-refractivity contribution in [3.63, 3.8) is 0 Å². The number of ether oxygens (including phenoxy) is 1. The summed E-state index contributed by atoms with van der Waals surface area (Å²) in [6.07, 6.45) is -3.65. The molecule has 1 unspecified atom stereocenters. The van der Waals surface area contributed by atoms with Crippen LogP contribution in [-0.4, -0.2) is 72.3 Å². The number of fused-ring (bicyclic) bond motifs is 5. The van der Waals surface area contributed by atoms with Crippen LogP contribution in [0.1, 0.15) is 78.0 Å². The number of phenols is 4. The maximum Gasteiger partial charge on any atom is 0.325 e. The van der Waals surface area contributed by atoms with Crippen LogP contribution in [0.4, 0.5) is 0 Å². The Morgan fingerprint density at radius 2 is 1.54 bits per heavy atom. The van der Waals surface area contributed by atoms with Crippen LogP contribution in [0.3, 0.4) is 0 Å². The molecular formula is C28H23NO12. The van der Waals surface area contributed by atoms with Crippen molar-refractivity contribution in [2.75, 3.05) is 7.11 Å². The predicted molar refractivity (Wildman–Crippen MR) is 138 cm³/mol. The first kappa shape index (κ1) is 27.4. The lowest BCUT2D eigenvalue weighted by atomic mass is 9.73. The highest BCUT2D eigenvalue weighted by molar-refractivity contribution is 6.32. The zero-order valence-corrected chi connectivity index (χ0v) is 21.6. The number of nitrogens with one attached hydrogen (secondary N) is 1. The predicted octanol–water partition coefficient (Wildman–Crippen LogP) is 1.55. The number of carbonyl (C=O) groups is 4. The molecule has 3 aromatic rings.